The van der Waals surface area contributed by atoms with Gasteiger partial charge < -0.3 is 14.2 Å². The monoisotopic (exact) mass is 804 g/mol. The van der Waals surface area contributed by atoms with Gasteiger partial charge in [-0.2, -0.15) is 0 Å². The molecule has 0 atom stereocenters. The summed E-state index contributed by atoms with van der Waals surface area (Å²) >= 11 is 0. The third kappa shape index (κ3) is 6.55. The summed E-state index contributed by atoms with van der Waals surface area (Å²) in [5.74, 6) is 0. The van der Waals surface area contributed by atoms with E-state index in [-0.39, 0.29) is 0 Å². The highest BCUT2D eigenvalue weighted by Crippen LogP contribution is 2.45. The third-order valence-corrected chi connectivity index (χ3v) is 12.3. The van der Waals surface area contributed by atoms with Gasteiger partial charge in [0, 0.05) is 55.8 Å². The minimum atomic E-state index is 0.906. The van der Waals surface area contributed by atoms with Crippen LogP contribution < -0.4 is 9.80 Å². The molecular formula is C60H40N2O. The maximum Gasteiger partial charge on any atom is 0.143 e. The highest BCUT2D eigenvalue weighted by atomic mass is 16.3. The first kappa shape index (κ1) is 36.5. The van der Waals surface area contributed by atoms with Crippen molar-refractivity contribution < 1.29 is 4.42 Å². The largest absolute Gasteiger partial charge is 0.455 e. The second-order valence-electron chi connectivity index (χ2n) is 16.2. The summed E-state index contributed by atoms with van der Waals surface area (Å²) in [7, 11) is 0. The van der Waals surface area contributed by atoms with Crippen molar-refractivity contribution in [3.8, 4) is 22.3 Å². The number of rotatable bonds is 8. The number of anilines is 6. The molecule has 0 unspecified atom stereocenters. The zero-order chi connectivity index (χ0) is 41.7. The number of furan rings is 1. The van der Waals surface area contributed by atoms with Crippen molar-refractivity contribution in [1.82, 2.24) is 0 Å². The van der Waals surface area contributed by atoms with Gasteiger partial charge >= 0.3 is 0 Å². The number of benzene rings is 11. The van der Waals surface area contributed by atoms with Gasteiger partial charge in [-0.25, -0.2) is 0 Å². The van der Waals surface area contributed by atoms with Crippen LogP contribution in [0.25, 0.3) is 76.5 Å². The lowest BCUT2D eigenvalue weighted by Crippen LogP contribution is -2.13. The molecule has 0 radical (unpaired) electrons. The van der Waals surface area contributed by atoms with E-state index < -0.39 is 0 Å². The summed E-state index contributed by atoms with van der Waals surface area (Å²) in [5, 5.41) is 9.36. The topological polar surface area (TPSA) is 19.6 Å². The first-order valence-electron chi connectivity index (χ1n) is 21.5. The van der Waals surface area contributed by atoms with E-state index in [0.29, 0.717) is 0 Å². The van der Waals surface area contributed by atoms with Crippen LogP contribution in [-0.2, 0) is 0 Å². The van der Waals surface area contributed by atoms with Crippen LogP contribution in [0.3, 0.4) is 0 Å². The Hall–Kier alpha value is -8.40. The van der Waals surface area contributed by atoms with E-state index >= 15 is 0 Å². The lowest BCUT2D eigenvalue weighted by atomic mass is 9.97. The molecule has 11 aromatic carbocycles. The van der Waals surface area contributed by atoms with Crippen molar-refractivity contribution in [2.45, 2.75) is 0 Å². The molecule has 0 amide bonds. The normalized spacial score (nSPS) is 11.5. The molecule has 0 saturated carbocycles. The van der Waals surface area contributed by atoms with Gasteiger partial charge in [0.2, 0.25) is 0 Å². The van der Waals surface area contributed by atoms with Crippen LogP contribution in [0.4, 0.5) is 34.1 Å². The predicted octanol–water partition coefficient (Wildman–Crippen LogP) is 17.3. The summed E-state index contributed by atoms with van der Waals surface area (Å²) in [6.07, 6.45) is 0. The maximum absolute atomic E-state index is 6.76. The Morgan fingerprint density at radius 1 is 0.238 bits per heavy atom. The van der Waals surface area contributed by atoms with Gasteiger partial charge in [0.25, 0.3) is 0 Å². The second-order valence-corrected chi connectivity index (χ2v) is 16.2. The summed E-state index contributed by atoms with van der Waals surface area (Å²) in [4.78, 5) is 4.76. The van der Waals surface area contributed by atoms with E-state index in [2.05, 4.69) is 252 Å². The molecule has 1 heterocycles. The van der Waals surface area contributed by atoms with Gasteiger partial charge in [0.05, 0.1) is 0 Å². The van der Waals surface area contributed by atoms with Gasteiger partial charge in [-0.3, -0.25) is 0 Å². The Morgan fingerprint density at radius 3 is 1.33 bits per heavy atom. The molecule has 0 bridgehead atoms. The van der Waals surface area contributed by atoms with Crippen molar-refractivity contribution >= 4 is 88.4 Å². The quantitative estimate of drug-likeness (QED) is 0.153. The van der Waals surface area contributed by atoms with Gasteiger partial charge in [0.1, 0.15) is 11.2 Å². The van der Waals surface area contributed by atoms with Gasteiger partial charge in [0.15, 0.2) is 0 Å². The number of fused-ring (bicyclic) bond motifs is 7. The second kappa shape index (κ2) is 15.3. The molecule has 1 aromatic heterocycles. The molecule has 0 saturated heterocycles. The maximum atomic E-state index is 6.76. The molecule has 0 N–H and O–H groups in total. The van der Waals surface area contributed by atoms with E-state index in [0.717, 1.165) is 83.7 Å². The number of nitrogens with zero attached hydrogens (tertiary/aromatic N) is 2. The minimum absolute atomic E-state index is 0.906. The molecule has 3 heteroatoms. The molecule has 0 aliphatic rings. The summed E-state index contributed by atoms with van der Waals surface area (Å²) in [5.41, 5.74) is 12.7. The van der Waals surface area contributed by atoms with Gasteiger partial charge in [-0.15, -0.1) is 0 Å². The number of para-hydroxylation sites is 3. The molecule has 12 aromatic rings. The lowest BCUT2D eigenvalue weighted by molar-refractivity contribution is 0.674. The van der Waals surface area contributed by atoms with Crippen molar-refractivity contribution in [3.05, 3.63) is 243 Å². The standard InChI is InChI=1S/C60H40N2O/c1-3-19-49(20-4-1)61(50-21-5-2-6-22-50)53-38-48(43-26-28-45(29-27-43)56-24-13-25-57-58-35-32-44-16-11-12-23-55(44)60(58)63-59(56)57)39-54(40-53)62(51-33-30-41-14-7-9-17-46(41)36-51)52-34-31-42-15-8-10-18-47(42)37-52/h1-40H. The van der Waals surface area contributed by atoms with Crippen molar-refractivity contribution in [2.24, 2.45) is 0 Å². The Balaban J connectivity index is 1.05. The van der Waals surface area contributed by atoms with Crippen LogP contribution in [0.2, 0.25) is 0 Å². The van der Waals surface area contributed by atoms with E-state index in [9.17, 15) is 0 Å². The molecule has 0 fully saturated rings. The summed E-state index contributed by atoms with van der Waals surface area (Å²) in [6.45, 7) is 0. The molecular weight excluding hydrogens is 765 g/mol. The van der Waals surface area contributed by atoms with Crippen LogP contribution in [0.5, 0.6) is 0 Å². The van der Waals surface area contributed by atoms with Crippen LogP contribution in [0.1, 0.15) is 0 Å². The van der Waals surface area contributed by atoms with E-state index in [1.807, 2.05) is 0 Å². The molecule has 3 nitrogen and oxygen atoms in total. The Bertz CT molecular complexity index is 3510. The lowest BCUT2D eigenvalue weighted by Gasteiger charge is -2.30. The Labute approximate surface area is 365 Å². The van der Waals surface area contributed by atoms with Crippen LogP contribution in [-0.4, -0.2) is 0 Å². The third-order valence-electron chi connectivity index (χ3n) is 12.3. The minimum Gasteiger partial charge on any atom is -0.455 e. The highest BCUT2D eigenvalue weighted by Gasteiger charge is 2.21. The van der Waals surface area contributed by atoms with E-state index in [1.165, 1.54) is 26.9 Å². The summed E-state index contributed by atoms with van der Waals surface area (Å²) < 4.78 is 6.76. The van der Waals surface area contributed by atoms with Gasteiger partial charge in [-0.05, 0) is 116 Å². The Kier molecular flexibility index (Phi) is 8.83. The molecule has 63 heavy (non-hydrogen) atoms. The highest BCUT2D eigenvalue weighted by molar-refractivity contribution is 6.17. The average molecular weight is 805 g/mol. The van der Waals surface area contributed by atoms with E-state index in [1.54, 1.807) is 0 Å². The SMILES string of the molecule is c1ccc(N(c2ccccc2)c2cc(-c3ccc(-c4cccc5c4oc4c6ccccc6ccc54)cc3)cc(N(c3ccc4ccccc4c3)c3ccc4ccccc4c3)c2)cc1. The first-order chi connectivity index (χ1) is 31.2. The van der Waals surface area contributed by atoms with E-state index in [4.69, 9.17) is 4.42 Å². The molecule has 296 valence electrons. The average Bonchev–Trinajstić information content (AvgIpc) is 3.75. The zero-order valence-corrected chi connectivity index (χ0v) is 34.4. The number of hydrogen-bond donors (Lipinski definition) is 0. The summed E-state index contributed by atoms with van der Waals surface area (Å²) in [6, 6.07) is 87.3. The molecule has 0 aliphatic carbocycles. The van der Waals surface area contributed by atoms with Crippen molar-refractivity contribution in [2.75, 3.05) is 9.80 Å². The van der Waals surface area contributed by atoms with Crippen molar-refractivity contribution in [3.63, 3.8) is 0 Å². The zero-order valence-electron chi connectivity index (χ0n) is 34.4. The number of hydrogen-bond acceptors (Lipinski definition) is 3. The molecule has 0 aliphatic heterocycles. The molecule has 12 rings (SSSR count). The fourth-order valence-electron chi connectivity index (χ4n) is 9.30. The Morgan fingerprint density at radius 2 is 0.714 bits per heavy atom. The fraction of sp³-hybridized carbons (Fsp3) is 0. The smallest absolute Gasteiger partial charge is 0.143 e. The first-order valence-corrected chi connectivity index (χ1v) is 21.5. The van der Waals surface area contributed by atoms with Crippen LogP contribution >= 0.6 is 0 Å². The van der Waals surface area contributed by atoms with Crippen molar-refractivity contribution in [1.29, 1.82) is 0 Å². The molecule has 0 spiro atoms. The predicted molar refractivity (Wildman–Crippen MR) is 266 cm³/mol. The fourth-order valence-corrected chi connectivity index (χ4v) is 9.30. The van der Waals surface area contributed by atoms with Crippen LogP contribution in [0, 0.1) is 0 Å². The van der Waals surface area contributed by atoms with Crippen LogP contribution in [0.15, 0.2) is 247 Å². The van der Waals surface area contributed by atoms with Gasteiger partial charge in [-0.1, -0.05) is 170 Å².